The normalized spacial score (nSPS) is 21.1. The number of carbonyl (C=O) groups excluding carboxylic acids is 2. The van der Waals surface area contributed by atoms with E-state index in [-0.39, 0.29) is 11.8 Å². The lowest BCUT2D eigenvalue weighted by molar-refractivity contribution is -0.126. The molecule has 8 heteroatoms. The minimum absolute atomic E-state index is 0.0536. The summed E-state index contributed by atoms with van der Waals surface area (Å²) >= 11 is 1.36. The second-order valence-electron chi connectivity index (χ2n) is 5.97. The Hall–Kier alpha value is -1.67. The first kappa shape index (κ1) is 16.2. The molecule has 2 amide bonds. The van der Waals surface area contributed by atoms with Crippen molar-refractivity contribution in [2.24, 2.45) is 0 Å². The molecule has 1 aliphatic heterocycles. The molecule has 1 saturated heterocycles. The van der Waals surface area contributed by atoms with E-state index in [1.807, 2.05) is 13.8 Å². The van der Waals surface area contributed by atoms with Crippen LogP contribution in [0.1, 0.15) is 35.1 Å². The molecule has 1 atom stereocenters. The number of nitrogens with zero attached hydrogens (tertiary/aromatic N) is 2. The van der Waals surface area contributed by atoms with E-state index >= 15 is 0 Å². The molecule has 2 aliphatic rings. The number of carbonyl (C=O) groups is 2. The third-order valence-electron chi connectivity index (χ3n) is 4.05. The van der Waals surface area contributed by atoms with Gasteiger partial charge in [0, 0.05) is 32.2 Å². The van der Waals surface area contributed by atoms with Crippen LogP contribution in [-0.2, 0) is 4.79 Å². The molecular weight excluding hydrogens is 314 g/mol. The Balaban J connectivity index is 1.76. The largest absolute Gasteiger partial charge is 0.362 e. The lowest BCUT2D eigenvalue weighted by atomic mass is 10.1. The summed E-state index contributed by atoms with van der Waals surface area (Å²) in [4.78, 5) is 32.0. The number of aryl methyl sites for hydroxylation is 1. The zero-order chi connectivity index (χ0) is 16.4. The third kappa shape index (κ3) is 3.64. The molecule has 3 N–H and O–H groups in total. The second kappa shape index (κ2) is 6.84. The van der Waals surface area contributed by atoms with Crippen LogP contribution in [0.2, 0.25) is 0 Å². The molecule has 1 aromatic heterocycles. The van der Waals surface area contributed by atoms with Crippen molar-refractivity contribution in [2.45, 2.75) is 38.8 Å². The number of piperazine rings is 1. The SMILES string of the molecule is CCNc1nc(C)c(C(=O)N2CCNC[C@H]2C(=O)NC2CC2)s1. The maximum atomic E-state index is 12.9. The predicted molar refractivity (Wildman–Crippen MR) is 89.9 cm³/mol. The fourth-order valence-electron chi connectivity index (χ4n) is 2.66. The van der Waals surface area contributed by atoms with Crippen LogP contribution >= 0.6 is 11.3 Å². The highest BCUT2D eigenvalue weighted by Gasteiger charge is 2.36. The number of aromatic nitrogens is 1. The van der Waals surface area contributed by atoms with E-state index in [4.69, 9.17) is 0 Å². The van der Waals surface area contributed by atoms with Crippen molar-refractivity contribution in [3.05, 3.63) is 10.6 Å². The number of hydrogen-bond donors (Lipinski definition) is 3. The molecule has 1 saturated carbocycles. The quantitative estimate of drug-likeness (QED) is 0.732. The number of hydrogen-bond acceptors (Lipinski definition) is 6. The van der Waals surface area contributed by atoms with Gasteiger partial charge in [-0.2, -0.15) is 0 Å². The van der Waals surface area contributed by atoms with Crippen LogP contribution in [0.3, 0.4) is 0 Å². The highest BCUT2D eigenvalue weighted by molar-refractivity contribution is 7.17. The summed E-state index contributed by atoms with van der Waals surface area (Å²) < 4.78 is 0. The van der Waals surface area contributed by atoms with Crippen LogP contribution in [0, 0.1) is 6.92 Å². The Bertz CT molecular complexity index is 599. The molecule has 23 heavy (non-hydrogen) atoms. The van der Waals surface area contributed by atoms with Crippen LogP contribution in [0.5, 0.6) is 0 Å². The fraction of sp³-hybridized carbons (Fsp3) is 0.667. The fourth-order valence-corrected chi connectivity index (χ4v) is 3.65. The zero-order valence-electron chi connectivity index (χ0n) is 13.5. The van der Waals surface area contributed by atoms with Gasteiger partial charge in [-0.1, -0.05) is 11.3 Å². The van der Waals surface area contributed by atoms with Crippen LogP contribution < -0.4 is 16.0 Å². The molecule has 0 aromatic carbocycles. The molecule has 1 aliphatic carbocycles. The molecule has 2 fully saturated rings. The van der Waals surface area contributed by atoms with Gasteiger partial charge in [0.15, 0.2) is 5.13 Å². The predicted octanol–water partition coefficient (Wildman–Crippen LogP) is 0.576. The second-order valence-corrected chi connectivity index (χ2v) is 6.96. The maximum absolute atomic E-state index is 12.9. The van der Waals surface area contributed by atoms with Gasteiger partial charge in [-0.25, -0.2) is 4.98 Å². The third-order valence-corrected chi connectivity index (χ3v) is 5.15. The average molecular weight is 337 g/mol. The Morgan fingerprint density at radius 2 is 2.22 bits per heavy atom. The standard InChI is InChI=1S/C15H23N5O2S/c1-3-17-15-18-9(2)12(23-15)14(22)20-7-6-16-8-11(20)13(21)19-10-4-5-10/h10-11,16H,3-8H2,1-2H3,(H,17,18)(H,19,21)/t11-/m0/s1. The summed E-state index contributed by atoms with van der Waals surface area (Å²) in [7, 11) is 0. The number of nitrogens with one attached hydrogen (secondary N) is 3. The average Bonchev–Trinajstić information content (AvgIpc) is 3.28. The lowest BCUT2D eigenvalue weighted by Crippen LogP contribution is -2.59. The van der Waals surface area contributed by atoms with Crippen LogP contribution in [0.25, 0.3) is 0 Å². The summed E-state index contributed by atoms with van der Waals surface area (Å²) in [5, 5.41) is 10.1. The molecule has 126 valence electrons. The first-order valence-corrected chi connectivity index (χ1v) is 8.95. The topological polar surface area (TPSA) is 86.4 Å². The minimum atomic E-state index is -0.444. The van der Waals surface area contributed by atoms with Gasteiger partial charge in [0.05, 0.1) is 5.69 Å². The Morgan fingerprint density at radius 3 is 2.91 bits per heavy atom. The van der Waals surface area contributed by atoms with Crippen molar-refractivity contribution in [1.82, 2.24) is 20.5 Å². The molecule has 0 bridgehead atoms. The molecule has 7 nitrogen and oxygen atoms in total. The van der Waals surface area contributed by atoms with Crippen LogP contribution in [-0.4, -0.2) is 60.0 Å². The van der Waals surface area contributed by atoms with Crippen molar-refractivity contribution >= 4 is 28.3 Å². The summed E-state index contributed by atoms with van der Waals surface area (Å²) in [6.07, 6.45) is 2.08. The van der Waals surface area contributed by atoms with Crippen LogP contribution in [0.4, 0.5) is 5.13 Å². The van der Waals surface area contributed by atoms with E-state index in [1.54, 1.807) is 4.90 Å². The summed E-state index contributed by atoms with van der Waals surface area (Å²) in [6.45, 7) is 6.34. The summed E-state index contributed by atoms with van der Waals surface area (Å²) in [5.74, 6) is -0.149. The van der Waals surface area contributed by atoms with E-state index in [0.29, 0.717) is 30.6 Å². The Labute approximate surface area is 139 Å². The van der Waals surface area contributed by atoms with E-state index in [0.717, 1.165) is 30.2 Å². The smallest absolute Gasteiger partial charge is 0.266 e. The van der Waals surface area contributed by atoms with E-state index in [9.17, 15) is 9.59 Å². The Morgan fingerprint density at radius 1 is 1.43 bits per heavy atom. The van der Waals surface area contributed by atoms with E-state index < -0.39 is 6.04 Å². The minimum Gasteiger partial charge on any atom is -0.362 e. The summed E-state index contributed by atoms with van der Waals surface area (Å²) in [6, 6.07) is -0.146. The lowest BCUT2D eigenvalue weighted by Gasteiger charge is -2.35. The molecule has 2 heterocycles. The van der Waals surface area contributed by atoms with Gasteiger partial charge >= 0.3 is 0 Å². The Kier molecular flexibility index (Phi) is 4.82. The number of anilines is 1. The zero-order valence-corrected chi connectivity index (χ0v) is 14.3. The van der Waals surface area contributed by atoms with Crippen molar-refractivity contribution in [3.8, 4) is 0 Å². The highest BCUT2D eigenvalue weighted by atomic mass is 32.1. The van der Waals surface area contributed by atoms with Gasteiger partial charge in [-0.3, -0.25) is 9.59 Å². The van der Waals surface area contributed by atoms with Gasteiger partial charge < -0.3 is 20.9 Å². The van der Waals surface area contributed by atoms with Crippen molar-refractivity contribution in [3.63, 3.8) is 0 Å². The van der Waals surface area contributed by atoms with Gasteiger partial charge in [0.2, 0.25) is 5.91 Å². The molecule has 0 spiro atoms. The first-order valence-electron chi connectivity index (χ1n) is 8.13. The van der Waals surface area contributed by atoms with Gasteiger partial charge in [-0.15, -0.1) is 0 Å². The monoisotopic (exact) mass is 337 g/mol. The van der Waals surface area contributed by atoms with Crippen molar-refractivity contribution in [1.29, 1.82) is 0 Å². The van der Waals surface area contributed by atoms with Gasteiger partial charge in [-0.05, 0) is 26.7 Å². The molecule has 3 rings (SSSR count). The first-order chi connectivity index (χ1) is 11.1. The molecule has 0 unspecified atom stereocenters. The number of rotatable bonds is 5. The van der Waals surface area contributed by atoms with E-state index in [2.05, 4.69) is 20.9 Å². The van der Waals surface area contributed by atoms with Crippen molar-refractivity contribution < 1.29 is 9.59 Å². The van der Waals surface area contributed by atoms with E-state index in [1.165, 1.54) is 11.3 Å². The molecule has 0 radical (unpaired) electrons. The van der Waals surface area contributed by atoms with Crippen molar-refractivity contribution in [2.75, 3.05) is 31.5 Å². The number of thiazole rings is 1. The highest BCUT2D eigenvalue weighted by Crippen LogP contribution is 2.25. The maximum Gasteiger partial charge on any atom is 0.266 e. The number of amides is 2. The molecular formula is C15H23N5O2S. The van der Waals surface area contributed by atoms with Crippen LogP contribution in [0.15, 0.2) is 0 Å². The molecule has 1 aromatic rings. The van der Waals surface area contributed by atoms with Gasteiger partial charge in [0.25, 0.3) is 5.91 Å². The summed E-state index contributed by atoms with van der Waals surface area (Å²) in [5.41, 5.74) is 0.718. The van der Waals surface area contributed by atoms with Gasteiger partial charge in [0.1, 0.15) is 10.9 Å².